The predicted molar refractivity (Wildman–Crippen MR) is 98.7 cm³/mol. The number of carbonyl (C=O) groups is 1. The van der Waals surface area contributed by atoms with Gasteiger partial charge in [-0.3, -0.25) is 4.79 Å². The molecule has 0 spiro atoms. The number of rotatable bonds is 8. The molecule has 2 aromatic rings. The molecular formula is C20H24O3S. The second kappa shape index (κ2) is 8.25. The second-order valence-corrected chi connectivity index (χ2v) is 8.47. The van der Waals surface area contributed by atoms with E-state index in [1.165, 1.54) is 23.6 Å². The Kier molecular flexibility index (Phi) is 6.32. The first-order valence-corrected chi connectivity index (χ1v) is 10.2. The highest BCUT2D eigenvalue weighted by Gasteiger charge is 2.24. The van der Waals surface area contributed by atoms with Crippen LogP contribution in [-0.4, -0.2) is 25.7 Å². The maximum atomic E-state index is 11.6. The molecule has 0 bridgehead atoms. The van der Waals surface area contributed by atoms with Crippen LogP contribution < -0.4 is 0 Å². The maximum Gasteiger partial charge on any atom is 0.157 e. The molecule has 0 aliphatic carbocycles. The van der Waals surface area contributed by atoms with Crippen molar-refractivity contribution in [3.05, 3.63) is 60.2 Å². The fourth-order valence-electron chi connectivity index (χ4n) is 2.87. The van der Waals surface area contributed by atoms with Gasteiger partial charge in [-0.05, 0) is 42.9 Å². The van der Waals surface area contributed by atoms with Crippen LogP contribution in [0, 0.1) is 0 Å². The minimum absolute atomic E-state index is 0.260. The summed E-state index contributed by atoms with van der Waals surface area (Å²) in [4.78, 5) is 11.4. The van der Waals surface area contributed by atoms with Crippen LogP contribution in [0.2, 0.25) is 0 Å². The van der Waals surface area contributed by atoms with Gasteiger partial charge in [0.25, 0.3) is 0 Å². The van der Waals surface area contributed by atoms with E-state index in [-0.39, 0.29) is 5.78 Å². The number of aryl methyl sites for hydroxylation is 1. The Hall–Kier alpha value is -1.94. The van der Waals surface area contributed by atoms with E-state index in [4.69, 9.17) is 0 Å². The Bertz CT molecular complexity index is 762. The van der Waals surface area contributed by atoms with Crippen molar-refractivity contribution in [2.45, 2.75) is 37.9 Å². The van der Waals surface area contributed by atoms with Crippen LogP contribution in [0.4, 0.5) is 0 Å². The van der Waals surface area contributed by atoms with Crippen LogP contribution in [0.15, 0.2) is 54.6 Å². The first-order valence-electron chi connectivity index (χ1n) is 8.21. The number of ketones is 1. The highest BCUT2D eigenvalue weighted by Crippen LogP contribution is 2.20. The van der Waals surface area contributed by atoms with Crippen LogP contribution >= 0.6 is 0 Å². The standard InChI is InChI=1S/C20H24O3S/c1-16(21)20(24(2,22)23)11-7-6-8-17-12-14-19(15-13-17)18-9-4-3-5-10-18/h3-5,9-10,12-15,20H,6-8,11H2,1-2H3. The molecule has 2 rings (SSSR count). The second-order valence-electron chi connectivity index (χ2n) is 6.24. The summed E-state index contributed by atoms with van der Waals surface area (Å²) in [6.07, 6.45) is 4.06. The first-order chi connectivity index (χ1) is 11.4. The topological polar surface area (TPSA) is 51.2 Å². The van der Waals surface area contributed by atoms with E-state index < -0.39 is 15.1 Å². The zero-order valence-corrected chi connectivity index (χ0v) is 15.1. The summed E-state index contributed by atoms with van der Waals surface area (Å²) in [5.74, 6) is -0.260. The van der Waals surface area contributed by atoms with Gasteiger partial charge >= 0.3 is 0 Å². The molecule has 0 N–H and O–H groups in total. The Balaban J connectivity index is 1.86. The molecule has 24 heavy (non-hydrogen) atoms. The van der Waals surface area contributed by atoms with Gasteiger partial charge < -0.3 is 0 Å². The van der Waals surface area contributed by atoms with Crippen molar-refractivity contribution in [1.82, 2.24) is 0 Å². The number of sulfone groups is 1. The number of benzene rings is 2. The van der Waals surface area contributed by atoms with E-state index in [0.717, 1.165) is 25.5 Å². The van der Waals surface area contributed by atoms with E-state index >= 15 is 0 Å². The van der Waals surface area contributed by atoms with Gasteiger partial charge in [0.05, 0.1) is 0 Å². The molecule has 2 aromatic carbocycles. The first kappa shape index (κ1) is 18.4. The maximum absolute atomic E-state index is 11.6. The average Bonchev–Trinajstić information content (AvgIpc) is 2.54. The zero-order valence-electron chi connectivity index (χ0n) is 14.2. The zero-order chi connectivity index (χ0) is 17.6. The number of hydrogen-bond acceptors (Lipinski definition) is 3. The Morgan fingerprint density at radius 3 is 2.04 bits per heavy atom. The fraction of sp³-hybridized carbons (Fsp3) is 0.350. The lowest BCUT2D eigenvalue weighted by atomic mass is 10.0. The van der Waals surface area contributed by atoms with E-state index in [1.54, 1.807) is 0 Å². The van der Waals surface area contributed by atoms with E-state index in [0.29, 0.717) is 6.42 Å². The van der Waals surface area contributed by atoms with Gasteiger partial charge in [-0.15, -0.1) is 0 Å². The van der Waals surface area contributed by atoms with Crippen molar-refractivity contribution >= 4 is 15.6 Å². The van der Waals surface area contributed by atoms with Crippen molar-refractivity contribution in [2.75, 3.05) is 6.26 Å². The van der Waals surface area contributed by atoms with E-state index in [2.05, 4.69) is 36.4 Å². The lowest BCUT2D eigenvalue weighted by Crippen LogP contribution is -2.27. The summed E-state index contributed by atoms with van der Waals surface area (Å²) < 4.78 is 23.2. The van der Waals surface area contributed by atoms with Crippen molar-refractivity contribution in [3.63, 3.8) is 0 Å². The molecule has 0 fully saturated rings. The van der Waals surface area contributed by atoms with Crippen LogP contribution in [0.3, 0.4) is 0 Å². The number of carbonyl (C=O) groups excluding carboxylic acids is 1. The molecule has 0 radical (unpaired) electrons. The van der Waals surface area contributed by atoms with Crippen LogP contribution in [0.1, 0.15) is 31.7 Å². The highest BCUT2D eigenvalue weighted by molar-refractivity contribution is 7.92. The number of unbranched alkanes of at least 4 members (excludes halogenated alkanes) is 1. The highest BCUT2D eigenvalue weighted by atomic mass is 32.2. The molecule has 0 heterocycles. The monoisotopic (exact) mass is 344 g/mol. The molecule has 0 aliphatic rings. The predicted octanol–water partition coefficient (Wildman–Crippen LogP) is 4.07. The molecule has 0 aromatic heterocycles. The SMILES string of the molecule is CC(=O)C(CCCCc1ccc(-c2ccccc2)cc1)S(C)(=O)=O. The van der Waals surface area contributed by atoms with Crippen molar-refractivity contribution in [1.29, 1.82) is 0 Å². The molecule has 1 atom stereocenters. The average molecular weight is 344 g/mol. The minimum atomic E-state index is -3.30. The third-order valence-corrected chi connectivity index (χ3v) is 5.81. The Labute approximate surface area is 144 Å². The van der Waals surface area contributed by atoms with Gasteiger partial charge in [-0.2, -0.15) is 0 Å². The van der Waals surface area contributed by atoms with Crippen molar-refractivity contribution < 1.29 is 13.2 Å². The van der Waals surface area contributed by atoms with E-state index in [1.807, 2.05) is 18.2 Å². The Morgan fingerprint density at radius 1 is 0.917 bits per heavy atom. The summed E-state index contributed by atoms with van der Waals surface area (Å²) in [6, 6.07) is 18.7. The molecule has 4 heteroatoms. The summed E-state index contributed by atoms with van der Waals surface area (Å²) in [5.41, 5.74) is 3.61. The number of Topliss-reactive ketones (excluding diaryl/α,β-unsaturated/α-hetero) is 1. The summed E-state index contributed by atoms with van der Waals surface area (Å²) in [7, 11) is -3.30. The van der Waals surface area contributed by atoms with Crippen LogP contribution in [0.5, 0.6) is 0 Å². The summed E-state index contributed by atoms with van der Waals surface area (Å²) >= 11 is 0. The van der Waals surface area contributed by atoms with Crippen LogP contribution in [-0.2, 0) is 21.1 Å². The smallest absolute Gasteiger partial charge is 0.157 e. The van der Waals surface area contributed by atoms with Crippen molar-refractivity contribution in [3.8, 4) is 11.1 Å². The normalized spacial score (nSPS) is 12.8. The van der Waals surface area contributed by atoms with Gasteiger partial charge in [-0.25, -0.2) is 8.42 Å². The molecule has 1 unspecified atom stereocenters. The number of hydrogen-bond donors (Lipinski definition) is 0. The summed E-state index contributed by atoms with van der Waals surface area (Å²) in [5, 5.41) is -0.849. The molecule has 128 valence electrons. The minimum Gasteiger partial charge on any atom is -0.299 e. The molecule has 3 nitrogen and oxygen atoms in total. The van der Waals surface area contributed by atoms with Crippen molar-refractivity contribution in [2.24, 2.45) is 0 Å². The van der Waals surface area contributed by atoms with Gasteiger partial charge in [0.2, 0.25) is 0 Å². The largest absolute Gasteiger partial charge is 0.299 e. The summed E-state index contributed by atoms with van der Waals surface area (Å²) in [6.45, 7) is 1.36. The quantitative estimate of drug-likeness (QED) is 0.678. The van der Waals surface area contributed by atoms with Crippen LogP contribution in [0.25, 0.3) is 11.1 Å². The molecule has 0 saturated heterocycles. The molecule has 0 amide bonds. The van der Waals surface area contributed by atoms with Gasteiger partial charge in [-0.1, -0.05) is 61.0 Å². The van der Waals surface area contributed by atoms with Gasteiger partial charge in [0.15, 0.2) is 9.84 Å². The van der Waals surface area contributed by atoms with Gasteiger partial charge in [0.1, 0.15) is 11.0 Å². The third kappa shape index (κ3) is 5.31. The molecular weight excluding hydrogens is 320 g/mol. The third-order valence-electron chi connectivity index (χ3n) is 4.21. The molecule has 0 saturated carbocycles. The lowest BCUT2D eigenvalue weighted by Gasteiger charge is -2.11. The van der Waals surface area contributed by atoms with E-state index in [9.17, 15) is 13.2 Å². The molecule has 0 aliphatic heterocycles. The lowest BCUT2D eigenvalue weighted by molar-refractivity contribution is -0.116. The van der Waals surface area contributed by atoms with Gasteiger partial charge in [0, 0.05) is 6.26 Å². The fourth-order valence-corrected chi connectivity index (χ4v) is 4.07. The Morgan fingerprint density at radius 2 is 1.50 bits per heavy atom.